The van der Waals surface area contributed by atoms with E-state index < -0.39 is 17.7 Å². The Kier molecular flexibility index (Phi) is 3.29. The van der Waals surface area contributed by atoms with Crippen LogP contribution in [0.2, 0.25) is 0 Å². The number of aliphatic hydroxyl groups is 1. The van der Waals surface area contributed by atoms with Crippen LogP contribution in [0, 0.1) is 0 Å². The fourth-order valence-corrected chi connectivity index (χ4v) is 1.33. The van der Waals surface area contributed by atoms with Gasteiger partial charge in [-0.15, -0.1) is 0 Å². The standard InChI is InChI=1S/C7H11N3O4/c1-13-6(11)7(12)2-5(14-4-7)3-9-10-8/h5,12H,2-4H2,1H3/t5-,7+/m0/s1. The van der Waals surface area contributed by atoms with Gasteiger partial charge in [0.25, 0.3) is 0 Å². The molecule has 0 radical (unpaired) electrons. The Bertz CT molecular complexity index is 276. The molecule has 1 aliphatic heterocycles. The number of rotatable bonds is 3. The minimum absolute atomic E-state index is 0.0959. The molecule has 1 saturated heterocycles. The predicted octanol–water partition coefficient (Wildman–Crippen LogP) is -0.0103. The molecule has 14 heavy (non-hydrogen) atoms. The van der Waals surface area contributed by atoms with E-state index in [4.69, 9.17) is 10.3 Å². The zero-order valence-electron chi connectivity index (χ0n) is 7.71. The number of nitrogens with zero attached hydrogens (tertiary/aromatic N) is 3. The first-order chi connectivity index (χ1) is 6.62. The second kappa shape index (κ2) is 4.28. The summed E-state index contributed by atoms with van der Waals surface area (Å²) < 4.78 is 9.50. The van der Waals surface area contributed by atoms with Crippen molar-refractivity contribution in [1.29, 1.82) is 0 Å². The highest BCUT2D eigenvalue weighted by Crippen LogP contribution is 2.25. The highest BCUT2D eigenvalue weighted by atomic mass is 16.6. The van der Waals surface area contributed by atoms with Crippen molar-refractivity contribution in [2.75, 3.05) is 20.3 Å². The van der Waals surface area contributed by atoms with Crippen molar-refractivity contribution in [3.63, 3.8) is 0 Å². The average Bonchev–Trinajstić information content (AvgIpc) is 2.57. The van der Waals surface area contributed by atoms with Crippen molar-refractivity contribution in [2.45, 2.75) is 18.1 Å². The smallest absolute Gasteiger partial charge is 0.340 e. The number of esters is 1. The molecular weight excluding hydrogens is 190 g/mol. The van der Waals surface area contributed by atoms with E-state index in [0.29, 0.717) is 0 Å². The van der Waals surface area contributed by atoms with Gasteiger partial charge >= 0.3 is 5.97 Å². The van der Waals surface area contributed by atoms with Crippen LogP contribution in [0.1, 0.15) is 6.42 Å². The molecule has 0 aromatic heterocycles. The van der Waals surface area contributed by atoms with Crippen LogP contribution in [0.15, 0.2) is 5.11 Å². The van der Waals surface area contributed by atoms with Crippen LogP contribution in [0.4, 0.5) is 0 Å². The number of hydrogen-bond donors (Lipinski definition) is 1. The number of methoxy groups -OCH3 is 1. The monoisotopic (exact) mass is 201 g/mol. The van der Waals surface area contributed by atoms with E-state index in [9.17, 15) is 9.90 Å². The Balaban J connectivity index is 2.54. The highest BCUT2D eigenvalue weighted by molar-refractivity contribution is 5.79. The van der Waals surface area contributed by atoms with Crippen molar-refractivity contribution in [1.82, 2.24) is 0 Å². The maximum absolute atomic E-state index is 11.1. The summed E-state index contributed by atoms with van der Waals surface area (Å²) in [5.74, 6) is -0.721. The lowest BCUT2D eigenvalue weighted by Gasteiger charge is -2.16. The molecule has 1 aliphatic rings. The summed E-state index contributed by atoms with van der Waals surface area (Å²) in [6, 6.07) is 0. The van der Waals surface area contributed by atoms with Crippen molar-refractivity contribution < 1.29 is 19.4 Å². The van der Waals surface area contributed by atoms with Gasteiger partial charge in [0.05, 0.1) is 26.4 Å². The molecule has 1 heterocycles. The van der Waals surface area contributed by atoms with Gasteiger partial charge in [-0.05, 0) is 5.53 Å². The summed E-state index contributed by atoms with van der Waals surface area (Å²) in [6.45, 7) is -0.0128. The fourth-order valence-electron chi connectivity index (χ4n) is 1.33. The summed E-state index contributed by atoms with van der Waals surface area (Å²) in [6.07, 6.45) is -0.325. The van der Waals surface area contributed by atoms with Crippen LogP contribution < -0.4 is 0 Å². The Hall–Kier alpha value is -1.30. The van der Waals surface area contributed by atoms with Crippen LogP contribution in [0.3, 0.4) is 0 Å². The van der Waals surface area contributed by atoms with Crippen LogP contribution in [0.5, 0.6) is 0 Å². The first-order valence-electron chi connectivity index (χ1n) is 4.05. The third-order valence-electron chi connectivity index (χ3n) is 2.04. The van der Waals surface area contributed by atoms with Gasteiger partial charge in [-0.2, -0.15) is 0 Å². The quantitative estimate of drug-likeness (QED) is 0.300. The number of carbonyl (C=O) groups excluding carboxylic acids is 1. The Morgan fingerprint density at radius 3 is 3.21 bits per heavy atom. The van der Waals surface area contributed by atoms with Gasteiger partial charge in [0.15, 0.2) is 5.60 Å². The summed E-state index contributed by atoms with van der Waals surface area (Å²) in [4.78, 5) is 13.7. The molecule has 7 heteroatoms. The molecule has 1 rings (SSSR count). The number of hydrogen-bond acceptors (Lipinski definition) is 5. The fraction of sp³-hybridized carbons (Fsp3) is 0.857. The van der Waals surface area contributed by atoms with E-state index in [-0.39, 0.29) is 19.6 Å². The third-order valence-corrected chi connectivity index (χ3v) is 2.04. The van der Waals surface area contributed by atoms with Crippen LogP contribution in [0.25, 0.3) is 10.4 Å². The Morgan fingerprint density at radius 1 is 1.93 bits per heavy atom. The SMILES string of the molecule is COC(=O)[C@]1(O)CO[C@H](CN=[N+]=[N-])C1. The molecule has 0 bridgehead atoms. The van der Waals surface area contributed by atoms with E-state index >= 15 is 0 Å². The largest absolute Gasteiger partial charge is 0.467 e. The number of azide groups is 1. The Morgan fingerprint density at radius 2 is 2.64 bits per heavy atom. The summed E-state index contributed by atoms with van der Waals surface area (Å²) in [5, 5.41) is 13.0. The van der Waals surface area contributed by atoms with E-state index in [1.807, 2.05) is 0 Å². The van der Waals surface area contributed by atoms with Gasteiger partial charge in [-0.25, -0.2) is 4.79 Å². The second-order valence-electron chi connectivity index (χ2n) is 3.07. The van der Waals surface area contributed by atoms with Crippen LogP contribution >= 0.6 is 0 Å². The van der Waals surface area contributed by atoms with Gasteiger partial charge in [0.1, 0.15) is 0 Å². The highest BCUT2D eigenvalue weighted by Gasteiger charge is 2.45. The molecule has 7 nitrogen and oxygen atoms in total. The number of carbonyl (C=O) groups is 1. The van der Waals surface area contributed by atoms with Crippen LogP contribution in [-0.2, 0) is 14.3 Å². The van der Waals surface area contributed by atoms with Crippen LogP contribution in [-0.4, -0.2) is 43.0 Å². The topological polar surface area (TPSA) is 105 Å². The van der Waals surface area contributed by atoms with Gasteiger partial charge in [0, 0.05) is 11.3 Å². The molecule has 2 atom stereocenters. The third kappa shape index (κ3) is 2.14. The van der Waals surface area contributed by atoms with Crippen molar-refractivity contribution >= 4 is 5.97 Å². The molecule has 0 saturated carbocycles. The van der Waals surface area contributed by atoms with Crippen molar-refractivity contribution in [3.8, 4) is 0 Å². The molecule has 0 aromatic carbocycles. The zero-order chi connectivity index (χ0) is 10.6. The van der Waals surface area contributed by atoms with Crippen molar-refractivity contribution in [3.05, 3.63) is 10.4 Å². The molecule has 0 unspecified atom stereocenters. The summed E-state index contributed by atoms with van der Waals surface area (Å²) >= 11 is 0. The number of ether oxygens (including phenoxy) is 2. The zero-order valence-corrected chi connectivity index (χ0v) is 7.71. The normalized spacial score (nSPS) is 30.9. The molecule has 1 fully saturated rings. The molecule has 1 N–H and O–H groups in total. The predicted molar refractivity (Wildman–Crippen MR) is 45.3 cm³/mol. The molecule has 0 aromatic rings. The minimum atomic E-state index is -1.59. The Labute approximate surface area is 80.2 Å². The van der Waals surface area contributed by atoms with E-state index in [2.05, 4.69) is 14.8 Å². The minimum Gasteiger partial charge on any atom is -0.467 e. The van der Waals surface area contributed by atoms with Gasteiger partial charge in [-0.3, -0.25) is 0 Å². The maximum Gasteiger partial charge on any atom is 0.340 e. The van der Waals surface area contributed by atoms with Gasteiger partial charge in [-0.1, -0.05) is 5.11 Å². The molecule has 0 spiro atoms. The first-order valence-corrected chi connectivity index (χ1v) is 4.05. The van der Waals surface area contributed by atoms with E-state index in [1.165, 1.54) is 7.11 Å². The first kappa shape index (κ1) is 10.8. The van der Waals surface area contributed by atoms with E-state index in [1.54, 1.807) is 0 Å². The summed E-state index contributed by atoms with van der Waals surface area (Å²) in [5.41, 5.74) is 6.47. The second-order valence-corrected chi connectivity index (χ2v) is 3.07. The lowest BCUT2D eigenvalue weighted by Crippen LogP contribution is -2.40. The van der Waals surface area contributed by atoms with Gasteiger partial charge in [0.2, 0.25) is 0 Å². The molecular formula is C7H11N3O4. The van der Waals surface area contributed by atoms with E-state index in [0.717, 1.165) is 0 Å². The maximum atomic E-state index is 11.1. The summed E-state index contributed by atoms with van der Waals surface area (Å²) in [7, 11) is 1.20. The lowest BCUT2D eigenvalue weighted by molar-refractivity contribution is -0.161. The molecule has 78 valence electrons. The molecule has 0 amide bonds. The van der Waals surface area contributed by atoms with Crippen molar-refractivity contribution in [2.24, 2.45) is 5.11 Å². The average molecular weight is 201 g/mol. The lowest BCUT2D eigenvalue weighted by atomic mass is 10.0. The molecule has 0 aliphatic carbocycles. The van der Waals surface area contributed by atoms with Gasteiger partial charge < -0.3 is 14.6 Å².